The Bertz CT molecular complexity index is 280. The summed E-state index contributed by atoms with van der Waals surface area (Å²) in [5.41, 5.74) is 3.31. The van der Waals surface area contributed by atoms with Gasteiger partial charge in [-0.25, -0.2) is 4.98 Å². The van der Waals surface area contributed by atoms with Crippen LogP contribution in [0.15, 0.2) is 5.51 Å². The Labute approximate surface area is 83.6 Å². The zero-order valence-electron chi connectivity index (χ0n) is 8.29. The van der Waals surface area contributed by atoms with Crippen LogP contribution in [0.3, 0.4) is 0 Å². The van der Waals surface area contributed by atoms with Gasteiger partial charge >= 0.3 is 0 Å². The predicted octanol–water partition coefficient (Wildman–Crippen LogP) is 2.16. The SMILES string of the molecule is CC(C)CN1CCc2ncsc2C1. The molecule has 2 heterocycles. The molecule has 0 aliphatic carbocycles. The lowest BCUT2D eigenvalue weighted by atomic mass is 10.1. The van der Waals surface area contributed by atoms with Crippen LogP contribution in [-0.4, -0.2) is 23.0 Å². The summed E-state index contributed by atoms with van der Waals surface area (Å²) in [6, 6.07) is 0. The minimum absolute atomic E-state index is 0.773. The second kappa shape index (κ2) is 3.76. The summed E-state index contributed by atoms with van der Waals surface area (Å²) < 4.78 is 0. The van der Waals surface area contributed by atoms with Gasteiger partial charge < -0.3 is 0 Å². The third-order valence-corrected chi connectivity index (χ3v) is 3.24. The summed E-state index contributed by atoms with van der Waals surface area (Å²) in [4.78, 5) is 8.37. The van der Waals surface area contributed by atoms with Crippen molar-refractivity contribution < 1.29 is 0 Å². The van der Waals surface area contributed by atoms with Gasteiger partial charge in [0.05, 0.1) is 11.2 Å². The number of nitrogens with zero attached hydrogens (tertiary/aromatic N) is 2. The van der Waals surface area contributed by atoms with Crippen LogP contribution >= 0.6 is 11.3 Å². The summed E-state index contributed by atoms with van der Waals surface area (Å²) in [7, 11) is 0. The van der Waals surface area contributed by atoms with Crippen molar-refractivity contribution in [3.8, 4) is 0 Å². The molecule has 1 aliphatic rings. The Morgan fingerprint density at radius 1 is 1.62 bits per heavy atom. The highest BCUT2D eigenvalue weighted by atomic mass is 32.1. The average molecular weight is 196 g/mol. The molecule has 0 saturated heterocycles. The van der Waals surface area contributed by atoms with E-state index < -0.39 is 0 Å². The molecule has 0 amide bonds. The Morgan fingerprint density at radius 3 is 3.23 bits per heavy atom. The first kappa shape index (κ1) is 9.16. The van der Waals surface area contributed by atoms with Crippen LogP contribution in [0.1, 0.15) is 24.4 Å². The van der Waals surface area contributed by atoms with E-state index in [1.807, 2.05) is 5.51 Å². The van der Waals surface area contributed by atoms with Gasteiger partial charge in [-0.1, -0.05) is 13.8 Å². The van der Waals surface area contributed by atoms with Crippen LogP contribution in [0, 0.1) is 5.92 Å². The van der Waals surface area contributed by atoms with Crippen LogP contribution in [0.25, 0.3) is 0 Å². The summed E-state index contributed by atoms with van der Waals surface area (Å²) in [5, 5.41) is 0. The Hall–Kier alpha value is -0.410. The van der Waals surface area contributed by atoms with Crippen molar-refractivity contribution in [1.82, 2.24) is 9.88 Å². The molecule has 0 atom stereocenters. The Morgan fingerprint density at radius 2 is 2.46 bits per heavy atom. The van der Waals surface area contributed by atoms with Gasteiger partial charge in [-0.3, -0.25) is 4.90 Å². The van der Waals surface area contributed by atoms with Gasteiger partial charge in [0.2, 0.25) is 0 Å². The van der Waals surface area contributed by atoms with E-state index in [1.54, 1.807) is 11.3 Å². The van der Waals surface area contributed by atoms with E-state index in [0.29, 0.717) is 0 Å². The van der Waals surface area contributed by atoms with Gasteiger partial charge in [0.15, 0.2) is 0 Å². The summed E-state index contributed by atoms with van der Waals surface area (Å²) >= 11 is 1.80. The van der Waals surface area contributed by atoms with Crippen molar-refractivity contribution in [3.05, 3.63) is 16.1 Å². The van der Waals surface area contributed by atoms with Crippen LogP contribution in [0.4, 0.5) is 0 Å². The highest BCUT2D eigenvalue weighted by molar-refractivity contribution is 7.09. The topological polar surface area (TPSA) is 16.1 Å². The van der Waals surface area contributed by atoms with Crippen molar-refractivity contribution in [2.75, 3.05) is 13.1 Å². The second-order valence-corrected chi connectivity index (χ2v) is 5.04. The van der Waals surface area contributed by atoms with E-state index in [1.165, 1.54) is 23.7 Å². The fraction of sp³-hybridized carbons (Fsp3) is 0.700. The van der Waals surface area contributed by atoms with E-state index >= 15 is 0 Å². The predicted molar refractivity (Wildman–Crippen MR) is 55.9 cm³/mol. The molecule has 0 radical (unpaired) electrons. The van der Waals surface area contributed by atoms with Crippen LogP contribution in [-0.2, 0) is 13.0 Å². The molecule has 0 spiro atoms. The molecule has 3 heteroatoms. The fourth-order valence-electron chi connectivity index (χ4n) is 1.84. The van der Waals surface area contributed by atoms with Crippen LogP contribution < -0.4 is 0 Å². The summed E-state index contributed by atoms with van der Waals surface area (Å²) in [6.45, 7) is 8.09. The highest BCUT2D eigenvalue weighted by Crippen LogP contribution is 2.21. The molecule has 0 N–H and O–H groups in total. The number of fused-ring (bicyclic) bond motifs is 1. The highest BCUT2D eigenvalue weighted by Gasteiger charge is 2.18. The summed E-state index contributed by atoms with van der Waals surface area (Å²) in [6.07, 6.45) is 1.14. The maximum atomic E-state index is 4.36. The van der Waals surface area contributed by atoms with Gasteiger partial charge in [0.1, 0.15) is 0 Å². The first-order chi connectivity index (χ1) is 6.25. The molecule has 1 aromatic rings. The number of hydrogen-bond donors (Lipinski definition) is 0. The average Bonchev–Trinajstić information content (AvgIpc) is 2.49. The van der Waals surface area contributed by atoms with E-state index in [-0.39, 0.29) is 0 Å². The van der Waals surface area contributed by atoms with E-state index in [2.05, 4.69) is 23.7 Å². The first-order valence-electron chi connectivity index (χ1n) is 4.89. The zero-order valence-corrected chi connectivity index (χ0v) is 9.10. The molecule has 0 fully saturated rings. The summed E-state index contributed by atoms with van der Waals surface area (Å²) in [5.74, 6) is 0.773. The molecule has 1 aromatic heterocycles. The molecule has 13 heavy (non-hydrogen) atoms. The monoisotopic (exact) mass is 196 g/mol. The molecule has 2 nitrogen and oxygen atoms in total. The smallest absolute Gasteiger partial charge is 0.0798 e. The van der Waals surface area contributed by atoms with Gasteiger partial charge in [0.25, 0.3) is 0 Å². The molecular weight excluding hydrogens is 180 g/mol. The molecule has 0 bridgehead atoms. The van der Waals surface area contributed by atoms with Crippen molar-refractivity contribution >= 4 is 11.3 Å². The molecular formula is C10H16N2S. The lowest BCUT2D eigenvalue weighted by Crippen LogP contribution is -2.32. The van der Waals surface area contributed by atoms with Gasteiger partial charge in [-0.2, -0.15) is 0 Å². The molecule has 2 rings (SSSR count). The second-order valence-electron chi connectivity index (χ2n) is 4.10. The van der Waals surface area contributed by atoms with E-state index in [9.17, 15) is 0 Å². The number of hydrogen-bond acceptors (Lipinski definition) is 3. The van der Waals surface area contributed by atoms with Crippen LogP contribution in [0.2, 0.25) is 0 Å². The normalized spacial score (nSPS) is 17.8. The quantitative estimate of drug-likeness (QED) is 0.720. The standard InChI is InChI=1S/C10H16N2S/c1-8(2)5-12-4-3-9-10(6-12)13-7-11-9/h7-8H,3-6H2,1-2H3. The van der Waals surface area contributed by atoms with E-state index in [4.69, 9.17) is 0 Å². The zero-order chi connectivity index (χ0) is 9.26. The third kappa shape index (κ3) is 2.09. The molecule has 0 saturated carbocycles. The minimum atomic E-state index is 0.773. The van der Waals surface area contributed by atoms with Crippen molar-refractivity contribution in [1.29, 1.82) is 0 Å². The minimum Gasteiger partial charge on any atom is -0.298 e. The van der Waals surface area contributed by atoms with Gasteiger partial charge in [-0.15, -0.1) is 11.3 Å². The molecule has 72 valence electrons. The maximum absolute atomic E-state index is 4.36. The van der Waals surface area contributed by atoms with Gasteiger partial charge in [-0.05, 0) is 5.92 Å². The number of thiazole rings is 1. The van der Waals surface area contributed by atoms with Crippen molar-refractivity contribution in [2.24, 2.45) is 5.92 Å². The largest absolute Gasteiger partial charge is 0.298 e. The molecule has 0 unspecified atom stereocenters. The van der Waals surface area contributed by atoms with Crippen molar-refractivity contribution in [3.63, 3.8) is 0 Å². The molecule has 1 aliphatic heterocycles. The Kier molecular flexibility index (Phi) is 2.65. The lowest BCUT2D eigenvalue weighted by molar-refractivity contribution is 0.228. The van der Waals surface area contributed by atoms with Crippen molar-refractivity contribution in [2.45, 2.75) is 26.8 Å². The maximum Gasteiger partial charge on any atom is 0.0798 e. The first-order valence-corrected chi connectivity index (χ1v) is 5.77. The lowest BCUT2D eigenvalue weighted by Gasteiger charge is -2.27. The van der Waals surface area contributed by atoms with Crippen LogP contribution in [0.5, 0.6) is 0 Å². The van der Waals surface area contributed by atoms with Gasteiger partial charge in [0, 0.05) is 30.9 Å². The third-order valence-electron chi connectivity index (χ3n) is 2.38. The number of rotatable bonds is 2. The van der Waals surface area contributed by atoms with E-state index in [0.717, 1.165) is 18.9 Å². The fourth-order valence-corrected chi connectivity index (χ4v) is 2.70. The molecule has 0 aromatic carbocycles. The number of aromatic nitrogens is 1. The Balaban J connectivity index is 2.00.